The summed E-state index contributed by atoms with van der Waals surface area (Å²) in [7, 11) is -1.57. The molecule has 118 valence electrons. The minimum atomic E-state index is -1.57. The maximum absolute atomic E-state index is 14.2. The highest BCUT2D eigenvalue weighted by Crippen LogP contribution is 2.19. The van der Waals surface area contributed by atoms with E-state index in [1.54, 1.807) is 12.1 Å². The molecule has 0 heterocycles. The van der Waals surface area contributed by atoms with Gasteiger partial charge in [-0.25, -0.2) is 9.38 Å². The Bertz CT molecular complexity index is 804. The zero-order chi connectivity index (χ0) is 17.0. The van der Waals surface area contributed by atoms with Crippen molar-refractivity contribution in [3.05, 3.63) is 65.0 Å². The van der Waals surface area contributed by atoms with Crippen molar-refractivity contribution >= 4 is 19.5 Å². The van der Waals surface area contributed by atoms with Crippen molar-refractivity contribution in [1.29, 1.82) is 0 Å². The molecule has 0 amide bonds. The van der Waals surface area contributed by atoms with Crippen LogP contribution in [-0.2, 0) is 0 Å². The number of benzene rings is 2. The molecule has 0 N–H and O–H groups in total. The Balaban J connectivity index is 2.57. The summed E-state index contributed by atoms with van der Waals surface area (Å²) < 4.78 is 14.2. The van der Waals surface area contributed by atoms with Crippen molar-refractivity contribution in [3.63, 3.8) is 0 Å². The predicted molar refractivity (Wildman–Crippen MR) is 99.6 cm³/mol. The highest BCUT2D eigenvalue weighted by atomic mass is 28.3. The van der Waals surface area contributed by atoms with Crippen LogP contribution in [0.25, 0.3) is 0 Å². The Morgan fingerprint density at radius 2 is 1.70 bits per heavy atom. The molecule has 0 aromatic heterocycles. The largest absolute Gasteiger partial charge is 0.239 e. The third-order valence-electron chi connectivity index (χ3n) is 3.42. The lowest BCUT2D eigenvalue weighted by Gasteiger charge is -2.07. The van der Waals surface area contributed by atoms with Gasteiger partial charge in [-0.1, -0.05) is 43.8 Å². The van der Waals surface area contributed by atoms with Gasteiger partial charge in [-0.2, -0.15) is 0 Å². The van der Waals surface area contributed by atoms with Crippen LogP contribution in [0.15, 0.2) is 47.5 Å². The molecule has 0 radical (unpaired) electrons. The van der Waals surface area contributed by atoms with Gasteiger partial charge in [0.05, 0.1) is 5.69 Å². The standard InChI is InChI=1S/C20H22FNSi/c1-15-10-11-17(14-16(15)2)22-20(12-13-23(3,4)5)18-8-6-7-9-19(18)21/h6-11,14H,1-5H3. The van der Waals surface area contributed by atoms with Gasteiger partial charge in [0.15, 0.2) is 0 Å². The monoisotopic (exact) mass is 323 g/mol. The van der Waals surface area contributed by atoms with Gasteiger partial charge in [-0.05, 0) is 49.2 Å². The van der Waals surface area contributed by atoms with Gasteiger partial charge in [-0.15, -0.1) is 5.54 Å². The van der Waals surface area contributed by atoms with E-state index in [2.05, 4.69) is 43.0 Å². The first-order valence-corrected chi connectivity index (χ1v) is 11.2. The fraction of sp³-hybridized carbons (Fsp3) is 0.250. The van der Waals surface area contributed by atoms with Gasteiger partial charge in [-0.3, -0.25) is 0 Å². The molecule has 1 nitrogen and oxygen atoms in total. The summed E-state index contributed by atoms with van der Waals surface area (Å²) in [5.41, 5.74) is 7.41. The first-order chi connectivity index (χ1) is 10.8. The van der Waals surface area contributed by atoms with Crippen molar-refractivity contribution < 1.29 is 4.39 Å². The number of hydrogen-bond acceptors (Lipinski definition) is 1. The van der Waals surface area contributed by atoms with Crippen LogP contribution in [0.1, 0.15) is 16.7 Å². The molecule has 3 heteroatoms. The van der Waals surface area contributed by atoms with E-state index in [-0.39, 0.29) is 5.82 Å². The van der Waals surface area contributed by atoms with Crippen LogP contribution in [0.5, 0.6) is 0 Å². The van der Waals surface area contributed by atoms with E-state index in [4.69, 9.17) is 0 Å². The Labute approximate surface area is 139 Å². The van der Waals surface area contributed by atoms with Crippen molar-refractivity contribution in [2.45, 2.75) is 33.5 Å². The average molecular weight is 323 g/mol. The molecule has 2 aromatic carbocycles. The van der Waals surface area contributed by atoms with Crippen LogP contribution in [0.4, 0.5) is 10.1 Å². The second-order valence-corrected chi connectivity index (χ2v) is 11.5. The molecule has 0 fully saturated rings. The highest BCUT2D eigenvalue weighted by molar-refractivity contribution is 6.84. The Kier molecular flexibility index (Phi) is 5.18. The number of halogens is 1. The molecule has 23 heavy (non-hydrogen) atoms. The minimum Gasteiger partial charge on any atom is -0.239 e. The molecule has 0 aliphatic carbocycles. The van der Waals surface area contributed by atoms with Gasteiger partial charge < -0.3 is 0 Å². The van der Waals surface area contributed by atoms with Crippen molar-refractivity contribution in [2.24, 2.45) is 4.99 Å². The summed E-state index contributed by atoms with van der Waals surface area (Å²) >= 11 is 0. The second-order valence-electron chi connectivity index (χ2n) is 6.71. The van der Waals surface area contributed by atoms with Crippen molar-refractivity contribution in [3.8, 4) is 11.5 Å². The topological polar surface area (TPSA) is 12.4 Å². The lowest BCUT2D eigenvalue weighted by atomic mass is 10.1. The number of rotatable bonds is 2. The normalized spacial score (nSPS) is 11.8. The predicted octanol–water partition coefficient (Wildman–Crippen LogP) is 5.44. The summed E-state index contributed by atoms with van der Waals surface area (Å²) in [6, 6.07) is 12.6. The summed E-state index contributed by atoms with van der Waals surface area (Å²) in [5, 5.41) is 0. The van der Waals surface area contributed by atoms with Gasteiger partial charge in [0.25, 0.3) is 0 Å². The van der Waals surface area contributed by atoms with E-state index < -0.39 is 8.07 Å². The van der Waals surface area contributed by atoms with Gasteiger partial charge in [0.1, 0.15) is 19.6 Å². The molecule has 0 saturated heterocycles. The van der Waals surface area contributed by atoms with E-state index in [1.165, 1.54) is 11.6 Å². The molecule has 0 unspecified atom stereocenters. The first-order valence-electron chi connectivity index (χ1n) is 7.70. The third kappa shape index (κ3) is 4.90. The minimum absolute atomic E-state index is 0.292. The Morgan fingerprint density at radius 3 is 2.30 bits per heavy atom. The van der Waals surface area contributed by atoms with Crippen LogP contribution in [-0.4, -0.2) is 13.8 Å². The maximum atomic E-state index is 14.2. The van der Waals surface area contributed by atoms with E-state index >= 15 is 0 Å². The lowest BCUT2D eigenvalue weighted by Crippen LogP contribution is -2.17. The third-order valence-corrected chi connectivity index (χ3v) is 4.29. The number of aryl methyl sites for hydroxylation is 2. The van der Waals surface area contributed by atoms with Crippen molar-refractivity contribution in [2.75, 3.05) is 0 Å². The van der Waals surface area contributed by atoms with Crippen LogP contribution in [0.3, 0.4) is 0 Å². The summed E-state index contributed by atoms with van der Waals surface area (Å²) in [5.74, 6) is 2.83. The lowest BCUT2D eigenvalue weighted by molar-refractivity contribution is 0.625. The molecular formula is C20H22FNSi. The highest BCUT2D eigenvalue weighted by Gasteiger charge is 2.11. The van der Waals surface area contributed by atoms with Gasteiger partial charge >= 0.3 is 0 Å². The number of aliphatic imine (C=N–C) groups is 1. The molecular weight excluding hydrogens is 301 g/mol. The SMILES string of the molecule is Cc1ccc(N=C(C#C[Si](C)(C)C)c2ccccc2F)cc1C. The van der Waals surface area contributed by atoms with E-state index in [9.17, 15) is 4.39 Å². The van der Waals surface area contributed by atoms with E-state index in [1.807, 2.05) is 31.2 Å². The zero-order valence-corrected chi connectivity index (χ0v) is 15.4. The van der Waals surface area contributed by atoms with Gasteiger partial charge in [0.2, 0.25) is 0 Å². The molecule has 0 aliphatic heterocycles. The zero-order valence-electron chi connectivity index (χ0n) is 14.4. The van der Waals surface area contributed by atoms with E-state index in [0.717, 1.165) is 11.3 Å². The molecule has 2 rings (SSSR count). The Hall–Kier alpha value is -2.18. The van der Waals surface area contributed by atoms with Gasteiger partial charge in [0, 0.05) is 5.56 Å². The second kappa shape index (κ2) is 6.93. The van der Waals surface area contributed by atoms with Crippen LogP contribution < -0.4 is 0 Å². The molecule has 0 saturated carbocycles. The maximum Gasteiger partial charge on any atom is 0.133 e. The summed E-state index contributed by atoms with van der Waals surface area (Å²) in [4.78, 5) is 4.62. The fourth-order valence-corrected chi connectivity index (χ4v) is 2.47. The molecule has 0 atom stereocenters. The molecule has 0 aliphatic rings. The molecule has 2 aromatic rings. The summed E-state index contributed by atoms with van der Waals surface area (Å²) in [6.07, 6.45) is 0. The summed E-state index contributed by atoms with van der Waals surface area (Å²) in [6.45, 7) is 10.6. The Morgan fingerprint density at radius 1 is 1.00 bits per heavy atom. The number of hydrogen-bond donors (Lipinski definition) is 0. The van der Waals surface area contributed by atoms with E-state index in [0.29, 0.717) is 11.3 Å². The average Bonchev–Trinajstić information content (AvgIpc) is 2.47. The smallest absolute Gasteiger partial charge is 0.133 e. The molecule has 0 spiro atoms. The van der Waals surface area contributed by atoms with Crippen molar-refractivity contribution in [1.82, 2.24) is 0 Å². The van der Waals surface area contributed by atoms with Crippen LogP contribution in [0.2, 0.25) is 19.6 Å². The first kappa shape index (κ1) is 17.2. The quantitative estimate of drug-likeness (QED) is 0.396. The fourth-order valence-electron chi connectivity index (χ4n) is 1.98. The molecule has 0 bridgehead atoms. The van der Waals surface area contributed by atoms with Crippen LogP contribution >= 0.6 is 0 Å². The number of nitrogens with zero attached hydrogens (tertiary/aromatic N) is 1. The van der Waals surface area contributed by atoms with Crippen LogP contribution in [0, 0.1) is 31.1 Å².